The summed E-state index contributed by atoms with van der Waals surface area (Å²) in [6, 6.07) is 0. The molecule has 5 atom stereocenters. The van der Waals surface area contributed by atoms with Crippen LogP contribution in [-0.2, 0) is 4.74 Å². The van der Waals surface area contributed by atoms with Crippen LogP contribution in [0, 0.1) is 0 Å². The summed E-state index contributed by atoms with van der Waals surface area (Å²) in [7, 11) is 0. The predicted molar refractivity (Wildman–Crippen MR) is 65.6 cm³/mol. The molecular weight excluding hydrogens is 281 g/mol. The summed E-state index contributed by atoms with van der Waals surface area (Å²) < 4.78 is 16.9. The predicted octanol–water partition coefficient (Wildman–Crippen LogP) is -2.62. The molecule has 0 aromatic heterocycles. The molecule has 0 aliphatic carbocycles. The second-order valence-electron chi connectivity index (χ2n) is 4.19. The Bertz CT molecular complexity index is 324. The van der Waals surface area contributed by atoms with Gasteiger partial charge < -0.3 is 35.9 Å². The Labute approximate surface area is 113 Å². The lowest BCUT2D eigenvalue weighted by molar-refractivity contribution is -0.283. The van der Waals surface area contributed by atoms with Crippen LogP contribution >= 0.6 is 12.1 Å². The third kappa shape index (κ3) is 4.45. The maximum Gasteiger partial charge on any atom is 0.184 e. The maximum atomic E-state index is 11.9. The highest BCUT2D eigenvalue weighted by Gasteiger charge is 2.43. The minimum atomic E-state index is -1.63. The largest absolute Gasteiger partial charge is 0.400 e. The molecule has 0 radical (unpaired) electrons. The fourth-order valence-corrected chi connectivity index (χ4v) is 1.86. The van der Waals surface area contributed by atoms with E-state index in [-0.39, 0.29) is 30.1 Å². The van der Waals surface area contributed by atoms with E-state index in [1.165, 1.54) is 6.20 Å². The molecule has 0 aromatic carbocycles. The van der Waals surface area contributed by atoms with Gasteiger partial charge >= 0.3 is 0 Å². The summed E-state index contributed by atoms with van der Waals surface area (Å²) >= 11 is 0.0302. The second kappa shape index (κ2) is 7.24. The maximum absolute atomic E-state index is 11.9. The van der Waals surface area contributed by atoms with Crippen molar-refractivity contribution in [2.24, 2.45) is 11.6 Å². The fraction of sp³-hybridized carbons (Fsp3) is 0.778. The molecular formula is C9H18FN3O5S. The molecule has 1 aliphatic rings. The molecule has 8 nitrogen and oxygen atoms in total. The lowest BCUT2D eigenvalue weighted by Gasteiger charge is -2.39. The van der Waals surface area contributed by atoms with E-state index in [2.05, 4.69) is 0 Å². The lowest BCUT2D eigenvalue weighted by atomic mass is 9.99. The Hall–Kier alpha value is -0.620. The summed E-state index contributed by atoms with van der Waals surface area (Å²) in [6.45, 7) is -0.111. The minimum absolute atomic E-state index is 0.0302. The van der Waals surface area contributed by atoms with Crippen molar-refractivity contribution in [1.29, 1.82) is 0 Å². The van der Waals surface area contributed by atoms with Gasteiger partial charge in [0.05, 0.1) is 24.4 Å². The molecule has 0 aromatic rings. The van der Waals surface area contributed by atoms with Crippen molar-refractivity contribution >= 4 is 12.1 Å². The van der Waals surface area contributed by atoms with Gasteiger partial charge in [0, 0.05) is 11.9 Å². The van der Waals surface area contributed by atoms with E-state index in [1.807, 2.05) is 0 Å². The van der Waals surface area contributed by atoms with Crippen LogP contribution in [0.3, 0.4) is 0 Å². The normalized spacial score (nSPS) is 36.3. The quantitative estimate of drug-likeness (QED) is 0.237. The van der Waals surface area contributed by atoms with Crippen LogP contribution in [-0.4, -0.2) is 68.4 Å². The van der Waals surface area contributed by atoms with E-state index < -0.39 is 30.7 Å². The molecule has 1 aliphatic heterocycles. The molecule has 112 valence electrons. The Morgan fingerprint density at radius 2 is 1.89 bits per heavy atom. The number of hydrogen-bond acceptors (Lipinski definition) is 9. The van der Waals surface area contributed by atoms with E-state index >= 15 is 0 Å². The molecule has 1 rings (SSSR count). The van der Waals surface area contributed by atoms with Crippen LogP contribution in [0.15, 0.2) is 11.9 Å². The topological polar surface area (TPSA) is 145 Å². The number of nitrogens with two attached hydrogens (primary N) is 2. The Balaban J connectivity index is 2.58. The number of hydrogen-bond donors (Lipinski definition) is 6. The van der Waals surface area contributed by atoms with Crippen molar-refractivity contribution in [2.45, 2.75) is 30.7 Å². The molecule has 1 saturated heterocycles. The van der Waals surface area contributed by atoms with Gasteiger partial charge in [0.15, 0.2) is 6.29 Å². The van der Waals surface area contributed by atoms with Crippen LogP contribution in [0.4, 0.5) is 3.89 Å². The molecule has 0 amide bonds. The van der Waals surface area contributed by atoms with Gasteiger partial charge in [0.2, 0.25) is 0 Å². The molecule has 5 unspecified atom stereocenters. The standard InChI is InChI=1S/C9H18FN3O5S/c10-19-3-4(11)1-13(12)2-5-6(14)7(15)8(16)9(17)18-5/h1,5-9,14-17H,2-3,11-12H2/b4-1-. The monoisotopic (exact) mass is 299 g/mol. The molecule has 0 spiro atoms. The Morgan fingerprint density at radius 3 is 2.47 bits per heavy atom. The average Bonchev–Trinajstić information content (AvgIpc) is 2.33. The first-order valence-corrected chi connectivity index (χ1v) is 6.34. The number of ether oxygens (including phenoxy) is 1. The molecule has 0 saturated carbocycles. The summed E-state index contributed by atoms with van der Waals surface area (Å²) in [5.41, 5.74) is 5.61. The smallest absolute Gasteiger partial charge is 0.184 e. The van der Waals surface area contributed by atoms with E-state index in [1.54, 1.807) is 0 Å². The molecule has 1 heterocycles. The number of aliphatic hydroxyl groups excluding tert-OH is 4. The van der Waals surface area contributed by atoms with Gasteiger partial charge in [-0.3, -0.25) is 0 Å². The number of aliphatic hydroxyl groups is 4. The van der Waals surface area contributed by atoms with Crippen LogP contribution in [0.25, 0.3) is 0 Å². The number of halogens is 1. The first-order valence-electron chi connectivity index (χ1n) is 5.45. The van der Waals surface area contributed by atoms with Gasteiger partial charge in [0.1, 0.15) is 24.4 Å². The van der Waals surface area contributed by atoms with Crippen LogP contribution in [0.2, 0.25) is 0 Å². The van der Waals surface area contributed by atoms with Gasteiger partial charge in [-0.1, -0.05) is 0 Å². The zero-order valence-electron chi connectivity index (χ0n) is 9.96. The third-order valence-electron chi connectivity index (χ3n) is 2.63. The molecule has 19 heavy (non-hydrogen) atoms. The molecule has 1 fully saturated rings. The van der Waals surface area contributed by atoms with Crippen LogP contribution in [0.1, 0.15) is 0 Å². The average molecular weight is 299 g/mol. The molecule has 8 N–H and O–H groups in total. The minimum Gasteiger partial charge on any atom is -0.400 e. The van der Waals surface area contributed by atoms with Crippen LogP contribution < -0.4 is 11.6 Å². The van der Waals surface area contributed by atoms with Crippen molar-refractivity contribution in [3.8, 4) is 0 Å². The van der Waals surface area contributed by atoms with Crippen molar-refractivity contribution in [3.05, 3.63) is 11.9 Å². The fourth-order valence-electron chi connectivity index (χ4n) is 1.66. The summed E-state index contributed by atoms with van der Waals surface area (Å²) in [5.74, 6) is 5.49. The number of nitrogens with zero attached hydrogens (tertiary/aromatic N) is 1. The summed E-state index contributed by atoms with van der Waals surface area (Å²) in [6.07, 6.45) is -5.98. The van der Waals surface area contributed by atoms with Gasteiger partial charge in [-0.05, 0) is 0 Å². The van der Waals surface area contributed by atoms with Gasteiger partial charge in [0.25, 0.3) is 0 Å². The van der Waals surface area contributed by atoms with Crippen molar-refractivity contribution < 1.29 is 29.0 Å². The number of rotatable bonds is 5. The van der Waals surface area contributed by atoms with E-state index in [0.29, 0.717) is 0 Å². The van der Waals surface area contributed by atoms with Gasteiger partial charge in [-0.25, -0.2) is 5.84 Å². The molecule has 10 heteroatoms. The number of hydrazine groups is 1. The van der Waals surface area contributed by atoms with E-state index in [0.717, 1.165) is 5.01 Å². The van der Waals surface area contributed by atoms with Crippen molar-refractivity contribution in [2.75, 3.05) is 12.3 Å². The highest BCUT2D eigenvalue weighted by molar-refractivity contribution is 7.94. The van der Waals surface area contributed by atoms with E-state index in [4.69, 9.17) is 16.3 Å². The lowest BCUT2D eigenvalue weighted by Crippen LogP contribution is -2.60. The van der Waals surface area contributed by atoms with Crippen molar-refractivity contribution in [1.82, 2.24) is 5.01 Å². The summed E-state index contributed by atoms with van der Waals surface area (Å²) in [5, 5.41) is 38.8. The van der Waals surface area contributed by atoms with Crippen molar-refractivity contribution in [3.63, 3.8) is 0 Å². The van der Waals surface area contributed by atoms with Crippen LogP contribution in [0.5, 0.6) is 0 Å². The summed E-state index contributed by atoms with van der Waals surface area (Å²) in [4.78, 5) is 0. The Kier molecular flexibility index (Phi) is 6.26. The Morgan fingerprint density at radius 1 is 1.26 bits per heavy atom. The second-order valence-corrected chi connectivity index (χ2v) is 4.70. The van der Waals surface area contributed by atoms with E-state index in [9.17, 15) is 24.3 Å². The highest BCUT2D eigenvalue weighted by atomic mass is 32.2. The first kappa shape index (κ1) is 16.4. The van der Waals surface area contributed by atoms with Gasteiger partial charge in [-0.2, -0.15) is 3.89 Å². The molecule has 0 bridgehead atoms. The van der Waals surface area contributed by atoms with Gasteiger partial charge in [-0.15, -0.1) is 0 Å². The third-order valence-corrected chi connectivity index (χ3v) is 3.07. The zero-order valence-corrected chi connectivity index (χ0v) is 10.8. The first-order chi connectivity index (χ1) is 8.86. The zero-order chi connectivity index (χ0) is 14.6. The highest BCUT2D eigenvalue weighted by Crippen LogP contribution is 2.20. The SMILES string of the molecule is N/C(=C\N(N)CC1OC(O)C(O)C(O)C1O)CSF.